The Bertz CT molecular complexity index is 473. The number of rotatable bonds is 4. The summed E-state index contributed by atoms with van der Waals surface area (Å²) in [6.45, 7) is 9.75. The van der Waals surface area contributed by atoms with Crippen LogP contribution in [0.4, 0.5) is 5.69 Å². The topological polar surface area (TPSA) is 27.3 Å². The molecule has 2 rings (SSSR count). The van der Waals surface area contributed by atoms with Crippen LogP contribution in [0.3, 0.4) is 0 Å². The number of hydrogen-bond acceptors (Lipinski definition) is 2. The molecule has 0 aliphatic carbocycles. The zero-order valence-corrected chi connectivity index (χ0v) is 13.5. The highest BCUT2D eigenvalue weighted by molar-refractivity contribution is 7.80. The van der Waals surface area contributed by atoms with Gasteiger partial charge in [0.25, 0.3) is 0 Å². The van der Waals surface area contributed by atoms with Gasteiger partial charge in [0, 0.05) is 18.3 Å². The van der Waals surface area contributed by atoms with Crippen molar-refractivity contribution in [2.75, 3.05) is 25.0 Å². The fourth-order valence-electron chi connectivity index (χ4n) is 2.75. The van der Waals surface area contributed by atoms with Gasteiger partial charge in [-0.25, -0.2) is 0 Å². The molecule has 0 bridgehead atoms. The van der Waals surface area contributed by atoms with Gasteiger partial charge in [0.15, 0.2) is 5.11 Å². The summed E-state index contributed by atoms with van der Waals surface area (Å²) in [6.07, 6.45) is 2.57. The first kappa shape index (κ1) is 15.3. The molecule has 1 heterocycles. The van der Waals surface area contributed by atoms with E-state index in [1.165, 1.54) is 30.5 Å². The second-order valence-corrected chi connectivity index (χ2v) is 5.97. The molecule has 1 atom stereocenters. The minimum atomic E-state index is 0.625. The minimum Gasteiger partial charge on any atom is -0.361 e. The summed E-state index contributed by atoms with van der Waals surface area (Å²) in [5, 5.41) is 7.34. The lowest BCUT2D eigenvalue weighted by Gasteiger charge is -2.23. The molecule has 1 aromatic carbocycles. The molecule has 1 saturated heterocycles. The quantitative estimate of drug-likeness (QED) is 0.834. The number of anilines is 1. The summed E-state index contributed by atoms with van der Waals surface area (Å²) in [5.74, 6) is 0. The second-order valence-electron chi connectivity index (χ2n) is 5.56. The van der Waals surface area contributed by atoms with Gasteiger partial charge in [-0.05, 0) is 75.3 Å². The Morgan fingerprint density at radius 3 is 2.85 bits per heavy atom. The van der Waals surface area contributed by atoms with E-state index < -0.39 is 0 Å². The SMILES string of the molecule is CCN1CCC[C@@H]1CNC(=S)Nc1ccc(C)c(C)c1. The van der Waals surface area contributed by atoms with E-state index in [4.69, 9.17) is 12.2 Å². The van der Waals surface area contributed by atoms with Gasteiger partial charge < -0.3 is 10.6 Å². The fourth-order valence-corrected chi connectivity index (χ4v) is 2.95. The highest BCUT2D eigenvalue weighted by atomic mass is 32.1. The molecule has 3 nitrogen and oxygen atoms in total. The lowest BCUT2D eigenvalue weighted by molar-refractivity contribution is 0.267. The maximum absolute atomic E-state index is 5.38. The number of nitrogens with zero attached hydrogens (tertiary/aromatic N) is 1. The van der Waals surface area contributed by atoms with Crippen molar-refractivity contribution in [3.8, 4) is 0 Å². The van der Waals surface area contributed by atoms with Crippen molar-refractivity contribution in [2.24, 2.45) is 0 Å². The van der Waals surface area contributed by atoms with Crippen LogP contribution in [-0.4, -0.2) is 35.7 Å². The first-order valence-electron chi connectivity index (χ1n) is 7.46. The minimum absolute atomic E-state index is 0.625. The Balaban J connectivity index is 1.81. The molecule has 1 fully saturated rings. The van der Waals surface area contributed by atoms with Gasteiger partial charge >= 0.3 is 0 Å². The predicted octanol–water partition coefficient (Wildman–Crippen LogP) is 3.07. The molecule has 1 aliphatic rings. The summed E-state index contributed by atoms with van der Waals surface area (Å²) >= 11 is 5.38. The second kappa shape index (κ2) is 7.04. The molecule has 4 heteroatoms. The number of hydrogen-bond donors (Lipinski definition) is 2. The highest BCUT2D eigenvalue weighted by Crippen LogP contribution is 2.16. The highest BCUT2D eigenvalue weighted by Gasteiger charge is 2.22. The lowest BCUT2D eigenvalue weighted by Crippen LogP contribution is -2.41. The van der Waals surface area contributed by atoms with Gasteiger partial charge in [-0.2, -0.15) is 0 Å². The molecule has 0 saturated carbocycles. The van der Waals surface area contributed by atoms with Gasteiger partial charge in [-0.1, -0.05) is 13.0 Å². The monoisotopic (exact) mass is 291 g/mol. The Hall–Kier alpha value is -1.13. The van der Waals surface area contributed by atoms with Crippen LogP contribution in [0.15, 0.2) is 18.2 Å². The third-order valence-corrected chi connectivity index (χ3v) is 4.41. The van der Waals surface area contributed by atoms with Crippen molar-refractivity contribution in [1.29, 1.82) is 0 Å². The standard InChI is InChI=1S/C16H25N3S/c1-4-19-9-5-6-15(19)11-17-16(20)18-14-8-7-12(2)13(3)10-14/h7-8,10,15H,4-6,9,11H2,1-3H3,(H2,17,18,20)/t15-/m1/s1. The van der Waals surface area contributed by atoms with Crippen LogP contribution < -0.4 is 10.6 Å². The molecule has 0 spiro atoms. The first-order valence-corrected chi connectivity index (χ1v) is 7.87. The first-order chi connectivity index (χ1) is 9.60. The molecule has 0 aromatic heterocycles. The van der Waals surface area contributed by atoms with Gasteiger partial charge in [0.2, 0.25) is 0 Å². The molecule has 1 aromatic rings. The van der Waals surface area contributed by atoms with Crippen LogP contribution in [0.2, 0.25) is 0 Å². The van der Waals surface area contributed by atoms with E-state index in [1.54, 1.807) is 0 Å². The number of aryl methyl sites for hydroxylation is 2. The van der Waals surface area contributed by atoms with E-state index in [1.807, 2.05) is 0 Å². The summed E-state index contributed by atoms with van der Waals surface area (Å²) in [5.41, 5.74) is 3.65. The number of nitrogens with one attached hydrogen (secondary N) is 2. The Kier molecular flexibility index (Phi) is 5.38. The molecule has 2 N–H and O–H groups in total. The van der Waals surface area contributed by atoms with E-state index in [0.29, 0.717) is 6.04 Å². The van der Waals surface area contributed by atoms with Crippen LogP contribution in [0.5, 0.6) is 0 Å². The Morgan fingerprint density at radius 2 is 2.15 bits per heavy atom. The summed E-state index contributed by atoms with van der Waals surface area (Å²) in [6, 6.07) is 6.96. The van der Waals surface area contributed by atoms with Crippen LogP contribution >= 0.6 is 12.2 Å². The van der Waals surface area contributed by atoms with Crippen molar-refractivity contribution >= 4 is 23.0 Å². The average molecular weight is 291 g/mol. The van der Waals surface area contributed by atoms with Gasteiger partial charge in [0.05, 0.1) is 0 Å². The van der Waals surface area contributed by atoms with Crippen molar-refractivity contribution < 1.29 is 0 Å². The van der Waals surface area contributed by atoms with E-state index in [2.05, 4.69) is 54.5 Å². The molecule has 20 heavy (non-hydrogen) atoms. The van der Waals surface area contributed by atoms with Gasteiger partial charge in [-0.3, -0.25) is 4.90 Å². The van der Waals surface area contributed by atoms with E-state index in [-0.39, 0.29) is 0 Å². The van der Waals surface area contributed by atoms with E-state index >= 15 is 0 Å². The number of benzene rings is 1. The van der Waals surface area contributed by atoms with Crippen LogP contribution in [0.1, 0.15) is 30.9 Å². The maximum Gasteiger partial charge on any atom is 0.170 e. The third kappa shape index (κ3) is 3.93. The smallest absolute Gasteiger partial charge is 0.170 e. The molecule has 0 radical (unpaired) electrons. The van der Waals surface area contributed by atoms with Crippen LogP contribution in [0.25, 0.3) is 0 Å². The van der Waals surface area contributed by atoms with E-state index in [0.717, 1.165) is 23.9 Å². The normalized spacial score (nSPS) is 19.1. The third-order valence-electron chi connectivity index (χ3n) is 4.17. The van der Waals surface area contributed by atoms with Crippen molar-refractivity contribution in [3.05, 3.63) is 29.3 Å². The maximum atomic E-state index is 5.38. The fraction of sp³-hybridized carbons (Fsp3) is 0.562. The molecule has 1 aliphatic heterocycles. The number of likely N-dealkylation sites (tertiary alicyclic amines) is 1. The molecular weight excluding hydrogens is 266 g/mol. The summed E-state index contributed by atoms with van der Waals surface area (Å²) in [4.78, 5) is 2.52. The van der Waals surface area contributed by atoms with Gasteiger partial charge in [0.1, 0.15) is 0 Å². The Labute approximate surface area is 127 Å². The van der Waals surface area contributed by atoms with Crippen LogP contribution in [0, 0.1) is 13.8 Å². The van der Waals surface area contributed by atoms with Gasteiger partial charge in [-0.15, -0.1) is 0 Å². The molecule has 0 amide bonds. The zero-order chi connectivity index (χ0) is 14.5. The summed E-state index contributed by atoms with van der Waals surface area (Å²) < 4.78 is 0. The molecule has 0 unspecified atom stereocenters. The molecular formula is C16H25N3S. The van der Waals surface area contributed by atoms with E-state index in [9.17, 15) is 0 Å². The zero-order valence-electron chi connectivity index (χ0n) is 12.7. The van der Waals surface area contributed by atoms with Crippen molar-refractivity contribution in [3.63, 3.8) is 0 Å². The van der Waals surface area contributed by atoms with Crippen molar-refractivity contribution in [2.45, 2.75) is 39.7 Å². The largest absolute Gasteiger partial charge is 0.361 e. The van der Waals surface area contributed by atoms with Crippen molar-refractivity contribution in [1.82, 2.24) is 10.2 Å². The molecule has 110 valence electrons. The number of likely N-dealkylation sites (N-methyl/N-ethyl adjacent to an activating group) is 1. The van der Waals surface area contributed by atoms with Crippen LogP contribution in [-0.2, 0) is 0 Å². The lowest BCUT2D eigenvalue weighted by atomic mass is 10.1. The summed E-state index contributed by atoms with van der Waals surface area (Å²) in [7, 11) is 0. The predicted molar refractivity (Wildman–Crippen MR) is 90.4 cm³/mol. The Morgan fingerprint density at radius 1 is 1.35 bits per heavy atom. The average Bonchev–Trinajstić information content (AvgIpc) is 2.88. The number of thiocarbonyl (C=S) groups is 1.